The molecule has 26 heavy (non-hydrogen) atoms. The van der Waals surface area contributed by atoms with Crippen LogP contribution in [-0.4, -0.2) is 34.4 Å². The molecule has 1 saturated carbocycles. The van der Waals surface area contributed by atoms with Crippen molar-refractivity contribution in [3.63, 3.8) is 0 Å². The molecule has 6 nitrogen and oxygen atoms in total. The number of hydrogen-bond acceptors (Lipinski definition) is 5. The second kappa shape index (κ2) is 6.94. The van der Waals surface area contributed by atoms with Gasteiger partial charge in [-0.05, 0) is 56.9 Å². The lowest BCUT2D eigenvalue weighted by atomic mass is 10.2. The fraction of sp³-hybridized carbons (Fsp3) is 0.450. The van der Waals surface area contributed by atoms with Crippen LogP contribution < -0.4 is 9.47 Å². The summed E-state index contributed by atoms with van der Waals surface area (Å²) in [6.07, 6.45) is 3.93. The molecule has 2 fully saturated rings. The van der Waals surface area contributed by atoms with Gasteiger partial charge in [0.15, 0.2) is 5.82 Å². The average Bonchev–Trinajstić information content (AvgIpc) is 3.37. The molecular weight excluding hydrogens is 330 g/mol. The zero-order chi connectivity index (χ0) is 18.1. The molecule has 0 N–H and O–H groups in total. The summed E-state index contributed by atoms with van der Waals surface area (Å²) in [6, 6.07) is 9.15. The SMILES string of the molecule is COc1ccc(Oc2cc(C)nc(C3CCCN3C(=O)C3CC3)n2)cc1. The number of aryl methyl sites for hydroxylation is 1. The zero-order valence-corrected chi connectivity index (χ0v) is 15.1. The number of ether oxygens (including phenoxy) is 2. The first kappa shape index (κ1) is 16.8. The fourth-order valence-corrected chi connectivity index (χ4v) is 3.39. The van der Waals surface area contributed by atoms with Crippen LogP contribution in [0, 0.1) is 12.8 Å². The molecule has 136 valence electrons. The van der Waals surface area contributed by atoms with Crippen molar-refractivity contribution in [1.29, 1.82) is 0 Å². The quantitative estimate of drug-likeness (QED) is 0.821. The Labute approximate surface area is 153 Å². The normalized spacial score (nSPS) is 19.5. The molecule has 0 spiro atoms. The second-order valence-electron chi connectivity index (χ2n) is 6.95. The van der Waals surface area contributed by atoms with Crippen LogP contribution in [0.5, 0.6) is 17.4 Å². The van der Waals surface area contributed by atoms with Gasteiger partial charge in [0.2, 0.25) is 11.8 Å². The smallest absolute Gasteiger partial charge is 0.226 e. The topological polar surface area (TPSA) is 64.6 Å². The third-order valence-electron chi connectivity index (χ3n) is 4.89. The van der Waals surface area contributed by atoms with Crippen LogP contribution in [0.25, 0.3) is 0 Å². The summed E-state index contributed by atoms with van der Waals surface area (Å²) in [7, 11) is 1.63. The molecule has 2 aliphatic rings. The molecule has 1 aliphatic carbocycles. The molecule has 0 radical (unpaired) electrons. The molecule has 1 saturated heterocycles. The van der Waals surface area contributed by atoms with E-state index in [1.165, 1.54) is 0 Å². The van der Waals surface area contributed by atoms with Crippen LogP contribution in [0.4, 0.5) is 0 Å². The van der Waals surface area contributed by atoms with Gasteiger partial charge in [-0.2, -0.15) is 4.98 Å². The van der Waals surface area contributed by atoms with E-state index in [0.29, 0.717) is 17.5 Å². The number of rotatable bonds is 5. The summed E-state index contributed by atoms with van der Waals surface area (Å²) < 4.78 is 11.1. The molecule has 2 aromatic rings. The van der Waals surface area contributed by atoms with E-state index in [2.05, 4.69) is 9.97 Å². The maximum absolute atomic E-state index is 12.5. The number of carbonyl (C=O) groups is 1. The van der Waals surface area contributed by atoms with Crippen molar-refractivity contribution in [2.45, 2.75) is 38.6 Å². The van der Waals surface area contributed by atoms with Crippen molar-refractivity contribution < 1.29 is 14.3 Å². The van der Waals surface area contributed by atoms with Crippen molar-refractivity contribution in [3.05, 3.63) is 41.9 Å². The lowest BCUT2D eigenvalue weighted by Gasteiger charge is -2.24. The summed E-state index contributed by atoms with van der Waals surface area (Å²) in [6.45, 7) is 2.72. The molecule has 1 unspecified atom stereocenters. The van der Waals surface area contributed by atoms with Crippen molar-refractivity contribution in [2.24, 2.45) is 5.92 Å². The Morgan fingerprint density at radius 2 is 1.85 bits per heavy atom. The Morgan fingerprint density at radius 3 is 2.54 bits per heavy atom. The van der Waals surface area contributed by atoms with Crippen LogP contribution in [0.2, 0.25) is 0 Å². The standard InChI is InChI=1S/C20H23N3O3/c1-13-12-18(26-16-9-7-15(25-2)8-10-16)22-19(21-13)17-4-3-11-23(17)20(24)14-5-6-14/h7-10,12,14,17H,3-6,11H2,1-2H3. The van der Waals surface area contributed by atoms with E-state index in [4.69, 9.17) is 9.47 Å². The van der Waals surface area contributed by atoms with E-state index >= 15 is 0 Å². The molecule has 1 aromatic carbocycles. The number of carbonyl (C=O) groups excluding carboxylic acids is 1. The highest BCUT2D eigenvalue weighted by Crippen LogP contribution is 2.38. The summed E-state index contributed by atoms with van der Waals surface area (Å²) in [5.74, 6) is 3.12. The van der Waals surface area contributed by atoms with Gasteiger partial charge in [0.1, 0.15) is 11.5 Å². The number of methoxy groups -OCH3 is 1. The van der Waals surface area contributed by atoms with E-state index in [0.717, 1.165) is 43.7 Å². The summed E-state index contributed by atoms with van der Waals surface area (Å²) in [5.41, 5.74) is 0.837. The minimum atomic E-state index is -0.0405. The molecule has 0 bridgehead atoms. The zero-order valence-electron chi connectivity index (χ0n) is 15.1. The number of aromatic nitrogens is 2. The number of nitrogens with zero attached hydrogens (tertiary/aromatic N) is 3. The van der Waals surface area contributed by atoms with Crippen molar-refractivity contribution in [1.82, 2.24) is 14.9 Å². The summed E-state index contributed by atoms with van der Waals surface area (Å²) in [4.78, 5) is 23.7. The molecule has 1 aliphatic heterocycles. The molecule has 1 aromatic heterocycles. The van der Waals surface area contributed by atoms with Crippen molar-refractivity contribution in [3.8, 4) is 17.4 Å². The van der Waals surface area contributed by atoms with Gasteiger partial charge in [-0.3, -0.25) is 4.79 Å². The van der Waals surface area contributed by atoms with Crippen LogP contribution in [0.15, 0.2) is 30.3 Å². The first-order chi connectivity index (χ1) is 12.6. The highest BCUT2D eigenvalue weighted by Gasteiger charge is 2.39. The Hall–Kier alpha value is -2.63. The van der Waals surface area contributed by atoms with E-state index in [-0.39, 0.29) is 17.9 Å². The minimum Gasteiger partial charge on any atom is -0.497 e. The van der Waals surface area contributed by atoms with E-state index in [9.17, 15) is 4.79 Å². The van der Waals surface area contributed by atoms with Crippen LogP contribution in [-0.2, 0) is 4.79 Å². The number of hydrogen-bond donors (Lipinski definition) is 0. The van der Waals surface area contributed by atoms with Crippen LogP contribution in [0.1, 0.15) is 43.2 Å². The van der Waals surface area contributed by atoms with Crippen LogP contribution >= 0.6 is 0 Å². The monoisotopic (exact) mass is 353 g/mol. The van der Waals surface area contributed by atoms with E-state index in [1.54, 1.807) is 7.11 Å². The molecule has 2 heterocycles. The van der Waals surface area contributed by atoms with Crippen LogP contribution in [0.3, 0.4) is 0 Å². The van der Waals surface area contributed by atoms with Gasteiger partial charge >= 0.3 is 0 Å². The Morgan fingerprint density at radius 1 is 1.12 bits per heavy atom. The van der Waals surface area contributed by atoms with Gasteiger partial charge in [-0.15, -0.1) is 0 Å². The van der Waals surface area contributed by atoms with E-state index < -0.39 is 0 Å². The maximum Gasteiger partial charge on any atom is 0.226 e. The summed E-state index contributed by atoms with van der Waals surface area (Å²) >= 11 is 0. The highest BCUT2D eigenvalue weighted by atomic mass is 16.5. The Bertz CT molecular complexity index is 802. The van der Waals surface area contributed by atoms with Gasteiger partial charge in [0, 0.05) is 24.2 Å². The first-order valence-corrected chi connectivity index (χ1v) is 9.12. The largest absolute Gasteiger partial charge is 0.497 e. The number of amides is 1. The van der Waals surface area contributed by atoms with Gasteiger partial charge in [-0.1, -0.05) is 0 Å². The van der Waals surface area contributed by atoms with Crippen molar-refractivity contribution >= 4 is 5.91 Å². The maximum atomic E-state index is 12.5. The number of benzene rings is 1. The predicted molar refractivity (Wildman–Crippen MR) is 96.2 cm³/mol. The molecule has 4 rings (SSSR count). The summed E-state index contributed by atoms with van der Waals surface area (Å²) in [5, 5.41) is 0. The predicted octanol–water partition coefficient (Wildman–Crippen LogP) is 3.66. The molecule has 6 heteroatoms. The fourth-order valence-electron chi connectivity index (χ4n) is 3.39. The second-order valence-corrected chi connectivity index (χ2v) is 6.95. The highest BCUT2D eigenvalue weighted by molar-refractivity contribution is 5.81. The van der Waals surface area contributed by atoms with E-state index in [1.807, 2.05) is 42.2 Å². The average molecular weight is 353 g/mol. The lowest BCUT2D eigenvalue weighted by Crippen LogP contribution is -2.32. The third kappa shape index (κ3) is 3.49. The lowest BCUT2D eigenvalue weighted by molar-refractivity contribution is -0.133. The molecule has 1 atom stereocenters. The van der Waals surface area contributed by atoms with Gasteiger partial charge in [-0.25, -0.2) is 4.98 Å². The molecular formula is C20H23N3O3. The van der Waals surface area contributed by atoms with Gasteiger partial charge < -0.3 is 14.4 Å². The number of likely N-dealkylation sites (tertiary alicyclic amines) is 1. The Balaban J connectivity index is 1.56. The van der Waals surface area contributed by atoms with Crippen molar-refractivity contribution in [2.75, 3.05) is 13.7 Å². The first-order valence-electron chi connectivity index (χ1n) is 9.12. The Kier molecular flexibility index (Phi) is 4.49. The van der Waals surface area contributed by atoms with Gasteiger partial charge in [0.05, 0.1) is 13.2 Å². The minimum absolute atomic E-state index is 0.0405. The third-order valence-corrected chi connectivity index (χ3v) is 4.89. The van der Waals surface area contributed by atoms with Gasteiger partial charge in [0.25, 0.3) is 0 Å². The molecule has 1 amide bonds.